The molecule has 0 radical (unpaired) electrons. The molecular formula is C14H12BrClIN. The predicted octanol–water partition coefficient (Wildman–Crippen LogP) is 4.95. The molecule has 2 aromatic rings. The zero-order chi connectivity index (χ0) is 13.1. The van der Waals surface area contributed by atoms with Crippen molar-refractivity contribution in [2.45, 2.75) is 12.5 Å². The Kier molecular flexibility index (Phi) is 5.06. The number of benzene rings is 2. The van der Waals surface area contributed by atoms with Crippen LogP contribution in [0, 0.1) is 3.57 Å². The smallest absolute Gasteiger partial charge is 0.0410 e. The second kappa shape index (κ2) is 6.37. The quantitative estimate of drug-likeness (QED) is 0.677. The van der Waals surface area contributed by atoms with E-state index in [1.807, 2.05) is 30.3 Å². The maximum atomic E-state index is 6.26. The van der Waals surface area contributed by atoms with E-state index in [0.29, 0.717) is 0 Å². The molecule has 0 saturated heterocycles. The fraction of sp³-hybridized carbons (Fsp3) is 0.143. The van der Waals surface area contributed by atoms with Gasteiger partial charge in [0.1, 0.15) is 0 Å². The molecule has 0 aliphatic heterocycles. The van der Waals surface area contributed by atoms with Crippen molar-refractivity contribution < 1.29 is 0 Å². The fourth-order valence-corrected chi connectivity index (χ4v) is 2.96. The Hall–Kier alpha value is -0.100. The Balaban J connectivity index is 2.18. The molecule has 1 nitrogen and oxygen atoms in total. The first-order valence-corrected chi connectivity index (χ1v) is 7.76. The van der Waals surface area contributed by atoms with Gasteiger partial charge >= 0.3 is 0 Å². The van der Waals surface area contributed by atoms with Crippen molar-refractivity contribution in [2.75, 3.05) is 0 Å². The molecule has 94 valence electrons. The molecule has 0 aliphatic carbocycles. The Bertz CT molecular complexity index is 542. The molecule has 0 amide bonds. The second-order valence-corrected chi connectivity index (χ2v) is 6.62. The zero-order valence-electron chi connectivity index (χ0n) is 9.54. The lowest BCUT2D eigenvalue weighted by molar-refractivity contribution is 0.718. The summed E-state index contributed by atoms with van der Waals surface area (Å²) in [6, 6.07) is 14.0. The van der Waals surface area contributed by atoms with Crippen molar-refractivity contribution in [1.29, 1.82) is 0 Å². The van der Waals surface area contributed by atoms with Crippen LogP contribution in [0.15, 0.2) is 46.9 Å². The molecule has 0 aromatic heterocycles. The van der Waals surface area contributed by atoms with Gasteiger partial charge in [-0.05, 0) is 70.5 Å². The molecule has 4 heteroatoms. The van der Waals surface area contributed by atoms with Gasteiger partial charge in [-0.1, -0.05) is 39.7 Å². The Labute approximate surface area is 134 Å². The summed E-state index contributed by atoms with van der Waals surface area (Å²) in [6.45, 7) is 0. The lowest BCUT2D eigenvalue weighted by atomic mass is 10.00. The van der Waals surface area contributed by atoms with Crippen LogP contribution >= 0.6 is 50.1 Å². The minimum atomic E-state index is -0.0308. The van der Waals surface area contributed by atoms with Gasteiger partial charge in [0.15, 0.2) is 0 Å². The maximum absolute atomic E-state index is 6.26. The maximum Gasteiger partial charge on any atom is 0.0410 e. The monoisotopic (exact) mass is 435 g/mol. The highest BCUT2D eigenvalue weighted by atomic mass is 127. The Morgan fingerprint density at radius 3 is 2.50 bits per heavy atom. The van der Waals surface area contributed by atoms with E-state index in [2.05, 4.69) is 50.7 Å². The molecule has 0 saturated carbocycles. The van der Waals surface area contributed by atoms with Crippen molar-refractivity contribution >= 4 is 50.1 Å². The molecular weight excluding hydrogens is 424 g/mol. The molecule has 1 atom stereocenters. The lowest BCUT2D eigenvalue weighted by Gasteiger charge is -2.14. The van der Waals surface area contributed by atoms with Gasteiger partial charge in [0.2, 0.25) is 0 Å². The second-order valence-electron chi connectivity index (χ2n) is 4.10. The number of nitrogens with two attached hydrogens (primary N) is 1. The molecule has 1 unspecified atom stereocenters. The summed E-state index contributed by atoms with van der Waals surface area (Å²) in [5.74, 6) is 0. The summed E-state index contributed by atoms with van der Waals surface area (Å²) in [4.78, 5) is 0. The van der Waals surface area contributed by atoms with Crippen LogP contribution in [0.2, 0.25) is 5.02 Å². The van der Waals surface area contributed by atoms with Gasteiger partial charge in [-0.2, -0.15) is 0 Å². The minimum absolute atomic E-state index is 0.0308. The molecule has 0 heterocycles. The summed E-state index contributed by atoms with van der Waals surface area (Å²) in [5, 5.41) is 0.733. The van der Waals surface area contributed by atoms with E-state index < -0.39 is 0 Å². The highest BCUT2D eigenvalue weighted by Crippen LogP contribution is 2.25. The van der Waals surface area contributed by atoms with Crippen LogP contribution in [0.3, 0.4) is 0 Å². The molecule has 2 aromatic carbocycles. The van der Waals surface area contributed by atoms with E-state index in [0.717, 1.165) is 25.0 Å². The topological polar surface area (TPSA) is 26.0 Å². The molecule has 0 bridgehead atoms. The van der Waals surface area contributed by atoms with Crippen molar-refractivity contribution in [1.82, 2.24) is 0 Å². The Morgan fingerprint density at radius 2 is 1.83 bits per heavy atom. The number of halogens is 3. The van der Waals surface area contributed by atoms with E-state index in [-0.39, 0.29) is 6.04 Å². The first kappa shape index (κ1) is 14.3. The van der Waals surface area contributed by atoms with Crippen LogP contribution in [-0.2, 0) is 6.42 Å². The first-order valence-electron chi connectivity index (χ1n) is 5.51. The van der Waals surface area contributed by atoms with Gasteiger partial charge in [-0.25, -0.2) is 0 Å². The van der Waals surface area contributed by atoms with Crippen LogP contribution in [0.1, 0.15) is 17.2 Å². The van der Waals surface area contributed by atoms with Gasteiger partial charge < -0.3 is 5.73 Å². The number of hydrogen-bond acceptors (Lipinski definition) is 1. The fourth-order valence-electron chi connectivity index (χ4n) is 1.78. The molecule has 2 N–H and O–H groups in total. The normalized spacial score (nSPS) is 12.4. The van der Waals surface area contributed by atoms with Gasteiger partial charge in [0.25, 0.3) is 0 Å². The average molecular weight is 437 g/mol. The largest absolute Gasteiger partial charge is 0.324 e. The highest BCUT2D eigenvalue weighted by molar-refractivity contribution is 14.1. The van der Waals surface area contributed by atoms with Crippen molar-refractivity contribution in [3.05, 3.63) is 66.7 Å². The van der Waals surface area contributed by atoms with Crippen molar-refractivity contribution in [2.24, 2.45) is 5.73 Å². The summed E-state index contributed by atoms with van der Waals surface area (Å²) >= 11 is 11.7. The molecule has 0 fully saturated rings. The average Bonchev–Trinajstić information content (AvgIpc) is 2.35. The van der Waals surface area contributed by atoms with Gasteiger partial charge in [-0.3, -0.25) is 0 Å². The lowest BCUT2D eigenvalue weighted by Crippen LogP contribution is -2.14. The molecule has 0 aliphatic rings. The van der Waals surface area contributed by atoms with Crippen molar-refractivity contribution in [3.63, 3.8) is 0 Å². The summed E-state index contributed by atoms with van der Waals surface area (Å²) in [5.41, 5.74) is 8.59. The van der Waals surface area contributed by atoms with Crippen LogP contribution in [0.5, 0.6) is 0 Å². The standard InChI is InChI=1S/C14H12BrClIN/c15-10-3-1-9(2-4-10)7-14(18)12-8-11(16)5-6-13(12)17/h1-6,8,14H,7,18H2. The van der Waals surface area contributed by atoms with Gasteiger partial charge in [0.05, 0.1) is 0 Å². The highest BCUT2D eigenvalue weighted by Gasteiger charge is 2.11. The number of hydrogen-bond donors (Lipinski definition) is 1. The van der Waals surface area contributed by atoms with E-state index in [4.69, 9.17) is 17.3 Å². The summed E-state index contributed by atoms with van der Waals surface area (Å²) < 4.78 is 2.23. The molecule has 0 spiro atoms. The van der Waals surface area contributed by atoms with E-state index in [1.165, 1.54) is 5.56 Å². The van der Waals surface area contributed by atoms with Crippen LogP contribution in [0.4, 0.5) is 0 Å². The van der Waals surface area contributed by atoms with E-state index in [9.17, 15) is 0 Å². The third kappa shape index (κ3) is 3.70. The SMILES string of the molecule is NC(Cc1ccc(Br)cc1)c1cc(Cl)ccc1I. The molecule has 2 rings (SSSR count). The first-order chi connectivity index (χ1) is 8.56. The third-order valence-electron chi connectivity index (χ3n) is 2.73. The summed E-state index contributed by atoms with van der Waals surface area (Å²) in [6.07, 6.45) is 0.809. The van der Waals surface area contributed by atoms with Gasteiger partial charge in [0, 0.05) is 19.1 Å². The van der Waals surface area contributed by atoms with E-state index >= 15 is 0 Å². The predicted molar refractivity (Wildman–Crippen MR) is 88.9 cm³/mol. The minimum Gasteiger partial charge on any atom is -0.324 e. The Morgan fingerprint density at radius 1 is 1.17 bits per heavy atom. The van der Waals surface area contributed by atoms with Crippen molar-refractivity contribution in [3.8, 4) is 0 Å². The van der Waals surface area contributed by atoms with Crippen LogP contribution < -0.4 is 5.73 Å². The van der Waals surface area contributed by atoms with Gasteiger partial charge in [-0.15, -0.1) is 0 Å². The zero-order valence-corrected chi connectivity index (χ0v) is 14.0. The number of rotatable bonds is 3. The van der Waals surface area contributed by atoms with Crippen LogP contribution in [-0.4, -0.2) is 0 Å². The summed E-state index contributed by atoms with van der Waals surface area (Å²) in [7, 11) is 0. The molecule has 18 heavy (non-hydrogen) atoms. The van der Waals surface area contributed by atoms with E-state index in [1.54, 1.807) is 0 Å². The van der Waals surface area contributed by atoms with Crippen LogP contribution in [0.25, 0.3) is 0 Å². The third-order valence-corrected chi connectivity index (χ3v) is 4.47.